The van der Waals surface area contributed by atoms with Crippen LogP contribution in [0.4, 0.5) is 0 Å². The minimum absolute atomic E-state index is 0.713. The molecular weight excluding hydrogens is 258 g/mol. The average Bonchev–Trinajstić information content (AvgIpc) is 2.72. The molecule has 0 aromatic carbocycles. The first kappa shape index (κ1) is 17.2. The molecule has 1 N–H and O–H groups in total. The average molecular weight is 296 g/mol. The third-order valence-electron chi connectivity index (χ3n) is 5.38. The molecule has 2 fully saturated rings. The smallest absolute Gasteiger partial charge is 0.00940 e. The van der Waals surface area contributed by atoms with Gasteiger partial charge >= 0.3 is 0 Å². The summed E-state index contributed by atoms with van der Waals surface area (Å²) in [7, 11) is 0. The quantitative estimate of drug-likeness (QED) is 0.812. The molecule has 0 bridgehead atoms. The molecular formula is C18H37N3. The van der Waals surface area contributed by atoms with Crippen LogP contribution >= 0.6 is 0 Å². The zero-order valence-corrected chi connectivity index (χ0v) is 14.6. The molecule has 1 unspecified atom stereocenters. The molecule has 124 valence electrons. The third kappa shape index (κ3) is 5.88. The van der Waals surface area contributed by atoms with Gasteiger partial charge in [-0.25, -0.2) is 0 Å². The van der Waals surface area contributed by atoms with Crippen molar-refractivity contribution in [3.8, 4) is 0 Å². The Morgan fingerprint density at radius 3 is 2.29 bits per heavy atom. The monoisotopic (exact) mass is 295 g/mol. The zero-order valence-electron chi connectivity index (χ0n) is 14.6. The summed E-state index contributed by atoms with van der Waals surface area (Å²) in [4.78, 5) is 5.31. The Bertz CT molecular complexity index is 272. The van der Waals surface area contributed by atoms with Crippen LogP contribution in [0.2, 0.25) is 0 Å². The van der Waals surface area contributed by atoms with Crippen molar-refractivity contribution in [3.05, 3.63) is 0 Å². The standard InChI is InChI=1S/C18H37N3/c1-4-5-11-20-13-8-18(9-14-20)19-17-7-6-12-21(15-10-17)16(2)3/h16-19H,4-15H2,1-3H3. The third-order valence-corrected chi connectivity index (χ3v) is 5.38. The number of rotatable bonds is 6. The lowest BCUT2D eigenvalue weighted by molar-refractivity contribution is 0.184. The minimum Gasteiger partial charge on any atom is -0.311 e. The Hall–Kier alpha value is -0.120. The van der Waals surface area contributed by atoms with Crippen molar-refractivity contribution in [3.63, 3.8) is 0 Å². The molecule has 0 spiro atoms. The molecule has 0 amide bonds. The van der Waals surface area contributed by atoms with Crippen molar-refractivity contribution < 1.29 is 0 Å². The highest BCUT2D eigenvalue weighted by atomic mass is 15.2. The van der Waals surface area contributed by atoms with E-state index < -0.39 is 0 Å². The van der Waals surface area contributed by atoms with Crippen LogP contribution < -0.4 is 5.32 Å². The fourth-order valence-electron chi connectivity index (χ4n) is 3.84. The molecule has 0 aromatic heterocycles. The largest absolute Gasteiger partial charge is 0.311 e. The minimum atomic E-state index is 0.713. The first-order chi connectivity index (χ1) is 10.2. The van der Waals surface area contributed by atoms with Crippen LogP contribution in [0.15, 0.2) is 0 Å². The van der Waals surface area contributed by atoms with Gasteiger partial charge in [-0.05, 0) is 85.1 Å². The highest BCUT2D eigenvalue weighted by molar-refractivity contribution is 4.83. The molecule has 0 aliphatic carbocycles. The second-order valence-electron chi connectivity index (χ2n) is 7.39. The lowest BCUT2D eigenvalue weighted by atomic mass is 10.0. The molecule has 3 heteroatoms. The lowest BCUT2D eigenvalue weighted by Gasteiger charge is -2.34. The Morgan fingerprint density at radius 1 is 0.952 bits per heavy atom. The van der Waals surface area contributed by atoms with Gasteiger partial charge in [0.15, 0.2) is 0 Å². The van der Waals surface area contributed by atoms with Crippen LogP contribution in [0.3, 0.4) is 0 Å². The van der Waals surface area contributed by atoms with Crippen molar-refractivity contribution in [2.75, 3.05) is 32.7 Å². The van der Waals surface area contributed by atoms with E-state index in [0.717, 1.165) is 12.1 Å². The summed E-state index contributed by atoms with van der Waals surface area (Å²) in [6.07, 6.45) is 9.49. The van der Waals surface area contributed by atoms with Gasteiger partial charge in [0.05, 0.1) is 0 Å². The van der Waals surface area contributed by atoms with Gasteiger partial charge in [-0.3, -0.25) is 0 Å². The second kappa shape index (κ2) is 9.12. The Labute approximate surface area is 132 Å². The Morgan fingerprint density at radius 2 is 1.62 bits per heavy atom. The Balaban J connectivity index is 1.66. The van der Waals surface area contributed by atoms with Crippen LogP contribution in [-0.2, 0) is 0 Å². The molecule has 2 saturated heterocycles. The lowest BCUT2D eigenvalue weighted by Crippen LogP contribution is -2.46. The van der Waals surface area contributed by atoms with E-state index in [2.05, 4.69) is 35.9 Å². The van der Waals surface area contributed by atoms with Gasteiger partial charge in [0.2, 0.25) is 0 Å². The number of hydrogen-bond acceptors (Lipinski definition) is 3. The first-order valence-electron chi connectivity index (χ1n) is 9.41. The summed E-state index contributed by atoms with van der Waals surface area (Å²) in [6, 6.07) is 2.25. The van der Waals surface area contributed by atoms with E-state index in [1.165, 1.54) is 77.7 Å². The summed E-state index contributed by atoms with van der Waals surface area (Å²) < 4.78 is 0. The number of nitrogens with zero attached hydrogens (tertiary/aromatic N) is 2. The number of piperidine rings is 1. The van der Waals surface area contributed by atoms with Gasteiger partial charge in [0.1, 0.15) is 0 Å². The summed E-state index contributed by atoms with van der Waals surface area (Å²) >= 11 is 0. The predicted octanol–water partition coefficient (Wildman–Crippen LogP) is 3.10. The Kier molecular flexibility index (Phi) is 7.48. The van der Waals surface area contributed by atoms with E-state index in [1.807, 2.05) is 0 Å². The van der Waals surface area contributed by atoms with Crippen LogP contribution in [-0.4, -0.2) is 60.6 Å². The molecule has 1 atom stereocenters. The summed E-state index contributed by atoms with van der Waals surface area (Å²) in [6.45, 7) is 13.5. The van der Waals surface area contributed by atoms with Crippen LogP contribution in [0.25, 0.3) is 0 Å². The maximum atomic E-state index is 3.98. The van der Waals surface area contributed by atoms with Gasteiger partial charge in [-0.1, -0.05) is 13.3 Å². The van der Waals surface area contributed by atoms with Gasteiger partial charge in [-0.2, -0.15) is 0 Å². The van der Waals surface area contributed by atoms with E-state index >= 15 is 0 Å². The van der Waals surface area contributed by atoms with Crippen LogP contribution in [0.1, 0.15) is 65.7 Å². The maximum Gasteiger partial charge on any atom is 0.00940 e. The zero-order chi connectivity index (χ0) is 15.1. The van der Waals surface area contributed by atoms with E-state index in [4.69, 9.17) is 0 Å². The molecule has 0 aromatic rings. The summed E-state index contributed by atoms with van der Waals surface area (Å²) in [5, 5.41) is 3.98. The predicted molar refractivity (Wildman–Crippen MR) is 91.9 cm³/mol. The SMILES string of the molecule is CCCCN1CCC(NC2CCCN(C(C)C)CC2)CC1. The van der Waals surface area contributed by atoms with E-state index in [-0.39, 0.29) is 0 Å². The fourth-order valence-corrected chi connectivity index (χ4v) is 3.84. The van der Waals surface area contributed by atoms with Crippen molar-refractivity contribution in [2.24, 2.45) is 0 Å². The van der Waals surface area contributed by atoms with Crippen molar-refractivity contribution in [2.45, 2.75) is 83.8 Å². The second-order valence-corrected chi connectivity index (χ2v) is 7.39. The molecule has 0 saturated carbocycles. The van der Waals surface area contributed by atoms with Gasteiger partial charge in [0, 0.05) is 18.1 Å². The molecule has 21 heavy (non-hydrogen) atoms. The number of nitrogens with one attached hydrogen (secondary N) is 1. The van der Waals surface area contributed by atoms with Crippen LogP contribution in [0, 0.1) is 0 Å². The van der Waals surface area contributed by atoms with E-state index in [0.29, 0.717) is 6.04 Å². The number of likely N-dealkylation sites (tertiary alicyclic amines) is 2. The number of hydrogen-bond donors (Lipinski definition) is 1. The molecule has 3 nitrogen and oxygen atoms in total. The van der Waals surface area contributed by atoms with E-state index in [9.17, 15) is 0 Å². The number of unbranched alkanes of at least 4 members (excludes halogenated alkanes) is 1. The van der Waals surface area contributed by atoms with Gasteiger partial charge in [0.25, 0.3) is 0 Å². The normalized spacial score (nSPS) is 27.1. The van der Waals surface area contributed by atoms with Crippen molar-refractivity contribution >= 4 is 0 Å². The first-order valence-corrected chi connectivity index (χ1v) is 9.41. The highest BCUT2D eigenvalue weighted by Crippen LogP contribution is 2.17. The molecule has 2 rings (SSSR count). The van der Waals surface area contributed by atoms with E-state index in [1.54, 1.807) is 0 Å². The van der Waals surface area contributed by atoms with Crippen molar-refractivity contribution in [1.82, 2.24) is 15.1 Å². The van der Waals surface area contributed by atoms with Gasteiger partial charge in [-0.15, -0.1) is 0 Å². The fraction of sp³-hybridized carbons (Fsp3) is 1.00. The summed E-state index contributed by atoms with van der Waals surface area (Å²) in [5.74, 6) is 0. The highest BCUT2D eigenvalue weighted by Gasteiger charge is 2.23. The molecule has 0 radical (unpaired) electrons. The van der Waals surface area contributed by atoms with Crippen molar-refractivity contribution in [1.29, 1.82) is 0 Å². The maximum absolute atomic E-state index is 3.98. The molecule has 2 heterocycles. The van der Waals surface area contributed by atoms with Gasteiger partial charge < -0.3 is 15.1 Å². The van der Waals surface area contributed by atoms with Crippen LogP contribution in [0.5, 0.6) is 0 Å². The topological polar surface area (TPSA) is 18.5 Å². The molecule has 2 aliphatic rings. The summed E-state index contributed by atoms with van der Waals surface area (Å²) in [5.41, 5.74) is 0. The molecule has 2 aliphatic heterocycles.